The van der Waals surface area contributed by atoms with Gasteiger partial charge in [-0.1, -0.05) is 11.6 Å². The summed E-state index contributed by atoms with van der Waals surface area (Å²) in [5.74, 6) is 0.292. The van der Waals surface area contributed by atoms with Gasteiger partial charge in [-0.15, -0.1) is 0 Å². The second kappa shape index (κ2) is 4.95. The van der Waals surface area contributed by atoms with Crippen LogP contribution in [0, 0.1) is 0 Å². The first-order valence-corrected chi connectivity index (χ1v) is 7.51. The highest BCUT2D eigenvalue weighted by Crippen LogP contribution is 2.35. The Bertz CT molecular complexity index is 556. The summed E-state index contributed by atoms with van der Waals surface area (Å²) in [5, 5.41) is 8.70. The number of benzene rings is 1. The predicted molar refractivity (Wildman–Crippen MR) is 70.6 cm³/mol. The monoisotopic (exact) mass is 290 g/mol. The van der Waals surface area contributed by atoms with E-state index in [-0.39, 0.29) is 10.9 Å². The van der Waals surface area contributed by atoms with Crippen LogP contribution in [0.5, 0.6) is 5.75 Å². The molecule has 0 saturated heterocycles. The van der Waals surface area contributed by atoms with Gasteiger partial charge in [0.2, 0.25) is 10.0 Å². The average molecular weight is 291 g/mol. The van der Waals surface area contributed by atoms with Gasteiger partial charge in [-0.05, 0) is 25.3 Å². The van der Waals surface area contributed by atoms with Gasteiger partial charge in [0.15, 0.2) is 0 Å². The Kier molecular flexibility index (Phi) is 3.70. The molecule has 0 atom stereocenters. The number of hydrogen-bond acceptors (Lipinski definition) is 4. The minimum Gasteiger partial charge on any atom is -0.495 e. The van der Waals surface area contributed by atoms with Crippen molar-refractivity contribution in [1.29, 1.82) is 0 Å². The number of rotatable bonds is 4. The molecule has 0 aromatic heterocycles. The van der Waals surface area contributed by atoms with E-state index in [1.165, 1.54) is 13.2 Å². The lowest BCUT2D eigenvalue weighted by Gasteiger charge is -2.28. The van der Waals surface area contributed by atoms with Gasteiger partial charge in [0.05, 0.1) is 17.8 Å². The number of halogens is 1. The summed E-state index contributed by atoms with van der Waals surface area (Å²) >= 11 is 6.00. The van der Waals surface area contributed by atoms with Crippen LogP contribution in [0.25, 0.3) is 0 Å². The number of hydrogen-bond donors (Lipinski definition) is 2. The quantitative estimate of drug-likeness (QED) is 0.888. The smallest absolute Gasteiger partial charge is 0.240 e. The molecule has 18 heavy (non-hydrogen) atoms. The third kappa shape index (κ3) is 2.71. The second-order valence-electron chi connectivity index (χ2n) is 4.30. The number of nitrogens with two attached hydrogens (primary N) is 1. The van der Waals surface area contributed by atoms with E-state index in [4.69, 9.17) is 21.5 Å². The van der Waals surface area contributed by atoms with E-state index < -0.39 is 10.0 Å². The minimum absolute atomic E-state index is 0.00986. The van der Waals surface area contributed by atoms with Gasteiger partial charge in [-0.3, -0.25) is 0 Å². The van der Waals surface area contributed by atoms with Gasteiger partial charge in [0, 0.05) is 12.1 Å². The molecule has 7 heteroatoms. The van der Waals surface area contributed by atoms with Crippen molar-refractivity contribution >= 4 is 27.3 Å². The fraction of sp³-hybridized carbons (Fsp3) is 0.455. The molecule has 5 nitrogen and oxygen atoms in total. The number of primary sulfonamides is 1. The summed E-state index contributed by atoms with van der Waals surface area (Å²) in [5.41, 5.74) is 0.438. The van der Waals surface area contributed by atoms with E-state index >= 15 is 0 Å². The summed E-state index contributed by atoms with van der Waals surface area (Å²) < 4.78 is 28.1. The van der Waals surface area contributed by atoms with Crippen LogP contribution in [-0.2, 0) is 10.0 Å². The Morgan fingerprint density at radius 2 is 2.11 bits per heavy atom. The Morgan fingerprint density at radius 1 is 1.44 bits per heavy atom. The maximum atomic E-state index is 11.6. The fourth-order valence-electron chi connectivity index (χ4n) is 1.81. The first-order valence-electron chi connectivity index (χ1n) is 5.58. The lowest BCUT2D eigenvalue weighted by molar-refractivity contribution is 0.413. The van der Waals surface area contributed by atoms with Crippen molar-refractivity contribution < 1.29 is 13.2 Å². The highest BCUT2D eigenvalue weighted by molar-refractivity contribution is 7.89. The largest absolute Gasteiger partial charge is 0.495 e. The maximum absolute atomic E-state index is 11.6. The second-order valence-corrected chi connectivity index (χ2v) is 6.24. The highest BCUT2D eigenvalue weighted by Gasteiger charge is 2.23. The van der Waals surface area contributed by atoms with Crippen molar-refractivity contribution in [1.82, 2.24) is 0 Å². The number of ether oxygens (including phenoxy) is 1. The topological polar surface area (TPSA) is 81.4 Å². The van der Waals surface area contributed by atoms with Crippen molar-refractivity contribution in [2.24, 2.45) is 5.14 Å². The molecule has 1 aromatic rings. The molecule has 0 unspecified atom stereocenters. The molecular formula is C11H15ClN2O3S. The van der Waals surface area contributed by atoms with Crippen LogP contribution < -0.4 is 15.2 Å². The molecule has 2 rings (SSSR count). The molecule has 1 aromatic carbocycles. The van der Waals surface area contributed by atoms with E-state index in [9.17, 15) is 8.42 Å². The molecule has 1 aliphatic rings. The van der Waals surface area contributed by atoms with Crippen molar-refractivity contribution in [3.63, 3.8) is 0 Å². The van der Waals surface area contributed by atoms with Crippen LogP contribution in [0.1, 0.15) is 19.3 Å². The zero-order valence-electron chi connectivity index (χ0n) is 9.94. The molecule has 1 saturated carbocycles. The summed E-state index contributed by atoms with van der Waals surface area (Å²) in [6.07, 6.45) is 3.19. The standard InChI is InChI=1S/C11H15ClN2O3S/c1-17-10-6-11(18(13,15)16)9(5-8(10)12)14-7-3-2-4-7/h5-7,14H,2-4H2,1H3,(H2,13,15,16). The summed E-state index contributed by atoms with van der Waals surface area (Å²) in [4.78, 5) is 0.00986. The molecule has 0 bridgehead atoms. The Balaban J connectivity index is 2.44. The molecule has 0 spiro atoms. The van der Waals surface area contributed by atoms with E-state index in [1.807, 2.05) is 0 Å². The molecular weight excluding hydrogens is 276 g/mol. The Hall–Kier alpha value is -0.980. The lowest BCUT2D eigenvalue weighted by Crippen LogP contribution is -2.28. The van der Waals surface area contributed by atoms with Crippen LogP contribution in [0.15, 0.2) is 17.0 Å². The Labute approximate surface area is 111 Å². The van der Waals surface area contributed by atoms with E-state index in [2.05, 4.69) is 5.32 Å². The number of nitrogens with one attached hydrogen (secondary N) is 1. The van der Waals surface area contributed by atoms with Gasteiger partial charge < -0.3 is 10.1 Å². The number of sulfonamides is 1. The number of anilines is 1. The van der Waals surface area contributed by atoms with E-state index in [0.717, 1.165) is 19.3 Å². The predicted octanol–water partition coefficient (Wildman–Crippen LogP) is 1.96. The normalized spacial score (nSPS) is 16.2. The third-order valence-electron chi connectivity index (χ3n) is 3.03. The molecule has 1 aliphatic carbocycles. The van der Waals surface area contributed by atoms with Crippen LogP contribution in [-0.4, -0.2) is 21.6 Å². The van der Waals surface area contributed by atoms with Crippen LogP contribution in [0.4, 0.5) is 5.69 Å². The highest BCUT2D eigenvalue weighted by atomic mass is 35.5. The SMILES string of the molecule is COc1cc(S(N)(=O)=O)c(NC2CCC2)cc1Cl. The van der Waals surface area contributed by atoms with Crippen molar-refractivity contribution in [3.05, 3.63) is 17.2 Å². The van der Waals surface area contributed by atoms with Crippen LogP contribution in [0.2, 0.25) is 5.02 Å². The zero-order chi connectivity index (χ0) is 13.3. The van der Waals surface area contributed by atoms with Gasteiger partial charge >= 0.3 is 0 Å². The summed E-state index contributed by atoms with van der Waals surface area (Å²) in [6, 6.07) is 3.17. The van der Waals surface area contributed by atoms with Crippen molar-refractivity contribution in [2.75, 3.05) is 12.4 Å². The summed E-state index contributed by atoms with van der Waals surface area (Å²) in [7, 11) is -2.39. The Morgan fingerprint density at radius 3 is 2.56 bits per heavy atom. The minimum atomic E-state index is -3.81. The van der Waals surface area contributed by atoms with Crippen LogP contribution in [0.3, 0.4) is 0 Å². The van der Waals surface area contributed by atoms with Gasteiger partial charge in [-0.25, -0.2) is 13.6 Å². The maximum Gasteiger partial charge on any atom is 0.240 e. The first-order chi connectivity index (χ1) is 8.41. The van der Waals surface area contributed by atoms with Gasteiger partial charge in [-0.2, -0.15) is 0 Å². The number of methoxy groups -OCH3 is 1. The molecule has 100 valence electrons. The van der Waals surface area contributed by atoms with Crippen molar-refractivity contribution in [3.8, 4) is 5.75 Å². The molecule has 1 fully saturated rings. The molecule has 3 N–H and O–H groups in total. The van der Waals surface area contributed by atoms with Gasteiger partial charge in [0.25, 0.3) is 0 Å². The molecule has 0 heterocycles. The first kappa shape index (κ1) is 13.5. The fourth-order valence-corrected chi connectivity index (χ4v) is 2.75. The summed E-state index contributed by atoms with van der Waals surface area (Å²) in [6.45, 7) is 0. The molecule has 0 radical (unpaired) electrons. The van der Waals surface area contributed by atoms with Gasteiger partial charge in [0.1, 0.15) is 10.6 Å². The lowest BCUT2D eigenvalue weighted by atomic mass is 9.93. The third-order valence-corrected chi connectivity index (χ3v) is 4.27. The zero-order valence-corrected chi connectivity index (χ0v) is 11.5. The average Bonchev–Trinajstić information content (AvgIpc) is 2.22. The molecule has 0 aliphatic heterocycles. The van der Waals surface area contributed by atoms with Crippen molar-refractivity contribution in [2.45, 2.75) is 30.2 Å². The van der Waals surface area contributed by atoms with E-state index in [0.29, 0.717) is 16.5 Å². The van der Waals surface area contributed by atoms with Crippen LogP contribution >= 0.6 is 11.6 Å². The van der Waals surface area contributed by atoms with E-state index in [1.54, 1.807) is 6.07 Å². The molecule has 0 amide bonds.